The summed E-state index contributed by atoms with van der Waals surface area (Å²) in [6.45, 7) is 3.94. The summed E-state index contributed by atoms with van der Waals surface area (Å²) in [7, 11) is 1.37. The zero-order valence-electron chi connectivity index (χ0n) is 10.9. The molecule has 0 atom stereocenters. The highest BCUT2D eigenvalue weighted by Gasteiger charge is 2.14. The topological polar surface area (TPSA) is 26.3 Å². The first-order chi connectivity index (χ1) is 8.60. The second kappa shape index (κ2) is 7.02. The van der Waals surface area contributed by atoms with Gasteiger partial charge in [-0.15, -0.1) is 0 Å². The van der Waals surface area contributed by atoms with Crippen molar-refractivity contribution in [1.82, 2.24) is 0 Å². The minimum atomic E-state index is -0.382. The Hall–Kier alpha value is -1.54. The number of carbonyl (C=O) groups excluding carboxylic acids is 1. The van der Waals surface area contributed by atoms with E-state index in [0.29, 0.717) is 10.6 Å². The summed E-state index contributed by atoms with van der Waals surface area (Å²) in [5, 5.41) is 0.543. The van der Waals surface area contributed by atoms with E-state index in [1.807, 2.05) is 44.2 Å². The monoisotopic (exact) mass is 264 g/mol. The molecule has 0 saturated carbocycles. The van der Waals surface area contributed by atoms with Crippen LogP contribution < -0.4 is 0 Å². The number of esters is 1. The van der Waals surface area contributed by atoms with Gasteiger partial charge in [0.1, 0.15) is 0 Å². The van der Waals surface area contributed by atoms with Crippen molar-refractivity contribution in [2.45, 2.75) is 20.3 Å². The molecular formula is C15H17ClO2. The molecule has 0 aliphatic heterocycles. The third kappa shape index (κ3) is 3.74. The van der Waals surface area contributed by atoms with Crippen LogP contribution in [0.1, 0.15) is 24.5 Å². The van der Waals surface area contributed by atoms with Crippen molar-refractivity contribution in [1.29, 1.82) is 0 Å². The predicted octanol–water partition coefficient (Wildman–Crippen LogP) is 4.08. The Labute approximate surface area is 113 Å². The lowest BCUT2D eigenvalue weighted by molar-refractivity contribution is -0.133. The fourth-order valence-electron chi connectivity index (χ4n) is 1.62. The second-order valence-corrected chi connectivity index (χ2v) is 4.30. The molecule has 2 nitrogen and oxygen atoms in total. The summed E-state index contributed by atoms with van der Waals surface area (Å²) in [5.74, 6) is -0.382. The van der Waals surface area contributed by atoms with E-state index in [2.05, 4.69) is 0 Å². The van der Waals surface area contributed by atoms with Crippen LogP contribution in [-0.4, -0.2) is 13.1 Å². The van der Waals surface area contributed by atoms with Crippen LogP contribution >= 0.6 is 11.6 Å². The molecule has 0 unspecified atom stereocenters. The highest BCUT2D eigenvalue weighted by molar-refractivity contribution is 6.33. The van der Waals surface area contributed by atoms with E-state index in [1.54, 1.807) is 6.08 Å². The van der Waals surface area contributed by atoms with Gasteiger partial charge in [-0.05, 0) is 30.5 Å². The zero-order chi connectivity index (χ0) is 13.5. The van der Waals surface area contributed by atoms with Gasteiger partial charge in [-0.25, -0.2) is 4.79 Å². The number of benzene rings is 1. The van der Waals surface area contributed by atoms with Crippen LogP contribution in [0.5, 0.6) is 0 Å². The van der Waals surface area contributed by atoms with Crippen molar-refractivity contribution in [3.63, 3.8) is 0 Å². The molecule has 0 aromatic heterocycles. The van der Waals surface area contributed by atoms with E-state index in [9.17, 15) is 4.79 Å². The minimum absolute atomic E-state index is 0.382. The van der Waals surface area contributed by atoms with Gasteiger partial charge in [0.15, 0.2) is 0 Å². The van der Waals surface area contributed by atoms with E-state index in [1.165, 1.54) is 7.11 Å². The molecule has 0 N–H and O–H groups in total. The van der Waals surface area contributed by atoms with E-state index in [4.69, 9.17) is 16.3 Å². The largest absolute Gasteiger partial charge is 0.465 e. The Bertz CT molecular complexity index is 487. The normalized spacial score (nSPS) is 12.4. The third-order valence-corrected chi connectivity index (χ3v) is 2.79. The number of ether oxygens (including phenoxy) is 1. The molecule has 96 valence electrons. The number of aryl methyl sites for hydroxylation is 1. The maximum absolute atomic E-state index is 11.8. The van der Waals surface area contributed by atoms with Crippen molar-refractivity contribution in [2.24, 2.45) is 0 Å². The highest BCUT2D eigenvalue weighted by atomic mass is 35.5. The molecule has 3 heteroatoms. The summed E-state index contributed by atoms with van der Waals surface area (Å²) >= 11 is 6.06. The molecule has 18 heavy (non-hydrogen) atoms. The maximum Gasteiger partial charge on any atom is 0.338 e. The van der Waals surface area contributed by atoms with E-state index in [0.717, 1.165) is 17.5 Å². The lowest BCUT2D eigenvalue weighted by Crippen LogP contribution is -2.05. The fourth-order valence-corrected chi connectivity index (χ4v) is 1.89. The number of methoxy groups -OCH3 is 1. The molecule has 1 rings (SSSR count). The van der Waals surface area contributed by atoms with Gasteiger partial charge in [-0.2, -0.15) is 0 Å². The number of hydrogen-bond acceptors (Lipinski definition) is 2. The summed E-state index contributed by atoms with van der Waals surface area (Å²) in [6, 6.07) is 7.64. The van der Waals surface area contributed by atoms with Crippen LogP contribution in [-0.2, 0) is 9.53 Å². The molecule has 0 spiro atoms. The number of hydrogen-bond donors (Lipinski definition) is 0. The van der Waals surface area contributed by atoms with Gasteiger partial charge in [-0.3, -0.25) is 0 Å². The highest BCUT2D eigenvalue weighted by Crippen LogP contribution is 2.23. The van der Waals surface area contributed by atoms with Crippen LogP contribution in [0, 0.1) is 6.92 Å². The smallest absolute Gasteiger partial charge is 0.338 e. The van der Waals surface area contributed by atoms with Gasteiger partial charge in [-0.1, -0.05) is 48.9 Å². The van der Waals surface area contributed by atoms with Crippen molar-refractivity contribution < 1.29 is 9.53 Å². The van der Waals surface area contributed by atoms with Gasteiger partial charge < -0.3 is 4.74 Å². The molecule has 1 aromatic rings. The lowest BCUT2D eigenvalue weighted by atomic mass is 10.00. The molecule has 0 fully saturated rings. The average molecular weight is 265 g/mol. The van der Waals surface area contributed by atoms with E-state index < -0.39 is 0 Å². The van der Waals surface area contributed by atoms with Crippen molar-refractivity contribution in [2.75, 3.05) is 7.11 Å². The SMILES string of the molecule is CC/C=C(Cl)/C=C(/C(=O)OC)c1ccccc1C. The summed E-state index contributed by atoms with van der Waals surface area (Å²) in [5.41, 5.74) is 2.33. The van der Waals surface area contributed by atoms with Gasteiger partial charge in [0.25, 0.3) is 0 Å². The van der Waals surface area contributed by atoms with Gasteiger partial charge in [0, 0.05) is 5.03 Å². The molecule has 0 bridgehead atoms. The molecule has 0 amide bonds. The number of rotatable bonds is 4. The van der Waals surface area contributed by atoms with Crippen molar-refractivity contribution in [3.8, 4) is 0 Å². The van der Waals surface area contributed by atoms with Gasteiger partial charge >= 0.3 is 5.97 Å². The molecule has 0 saturated heterocycles. The summed E-state index contributed by atoms with van der Waals surface area (Å²) in [6.07, 6.45) is 4.32. The van der Waals surface area contributed by atoms with E-state index in [-0.39, 0.29) is 5.97 Å². The Kier molecular flexibility index (Phi) is 5.66. The number of carbonyl (C=O) groups is 1. The van der Waals surface area contributed by atoms with Crippen LogP contribution in [0.2, 0.25) is 0 Å². The first-order valence-corrected chi connectivity index (χ1v) is 6.19. The average Bonchev–Trinajstić information content (AvgIpc) is 2.36. The quantitative estimate of drug-likeness (QED) is 0.465. The fraction of sp³-hybridized carbons (Fsp3) is 0.267. The molecule has 0 radical (unpaired) electrons. The number of allylic oxidation sites excluding steroid dienone is 3. The van der Waals surface area contributed by atoms with Crippen LogP contribution in [0.4, 0.5) is 0 Å². The van der Waals surface area contributed by atoms with Crippen LogP contribution in [0.3, 0.4) is 0 Å². The van der Waals surface area contributed by atoms with Crippen LogP contribution in [0.25, 0.3) is 5.57 Å². The zero-order valence-corrected chi connectivity index (χ0v) is 11.6. The Morgan fingerprint density at radius 1 is 1.39 bits per heavy atom. The van der Waals surface area contributed by atoms with E-state index >= 15 is 0 Å². The predicted molar refractivity (Wildman–Crippen MR) is 75.4 cm³/mol. The standard InChI is InChI=1S/C15H17ClO2/c1-4-7-12(16)10-14(15(17)18-3)13-9-6-5-8-11(13)2/h5-10H,4H2,1-3H3/b12-7-,14-10+. The summed E-state index contributed by atoms with van der Waals surface area (Å²) < 4.78 is 4.81. The lowest BCUT2D eigenvalue weighted by Gasteiger charge is -2.08. The second-order valence-electron chi connectivity index (χ2n) is 3.86. The Balaban J connectivity index is 3.27. The van der Waals surface area contributed by atoms with Gasteiger partial charge in [0.05, 0.1) is 12.7 Å². The number of halogens is 1. The van der Waals surface area contributed by atoms with Crippen molar-refractivity contribution >= 4 is 23.1 Å². The summed E-state index contributed by atoms with van der Waals surface area (Å²) in [4.78, 5) is 11.8. The molecule has 0 aliphatic carbocycles. The Morgan fingerprint density at radius 3 is 2.61 bits per heavy atom. The Morgan fingerprint density at radius 2 is 2.06 bits per heavy atom. The molecule has 0 aliphatic rings. The van der Waals surface area contributed by atoms with Crippen molar-refractivity contribution in [3.05, 3.63) is 52.6 Å². The molecular weight excluding hydrogens is 248 g/mol. The third-order valence-electron chi connectivity index (χ3n) is 2.52. The van der Waals surface area contributed by atoms with Crippen LogP contribution in [0.15, 0.2) is 41.4 Å². The first-order valence-electron chi connectivity index (χ1n) is 5.81. The maximum atomic E-state index is 11.8. The molecule has 1 aromatic carbocycles. The van der Waals surface area contributed by atoms with Gasteiger partial charge in [0.2, 0.25) is 0 Å². The first kappa shape index (κ1) is 14.5. The molecule has 0 heterocycles. The minimum Gasteiger partial charge on any atom is -0.465 e.